The Morgan fingerprint density at radius 2 is 1.87 bits per heavy atom. The Morgan fingerprint density at radius 3 is 2.57 bits per heavy atom. The molecule has 2 heterocycles. The number of fused-ring (bicyclic) bond motifs is 1. The number of nitrogens with zero attached hydrogens (tertiary/aromatic N) is 3. The van der Waals surface area contributed by atoms with Crippen molar-refractivity contribution in [2.75, 3.05) is 33.2 Å². The largest absolute Gasteiger partial charge is 0.508 e. The molecular weight excluding hydrogens is 495 g/mol. The lowest BCUT2D eigenvalue weighted by molar-refractivity contribution is 0.0657. The highest BCUT2D eigenvalue weighted by molar-refractivity contribution is 14.0. The van der Waals surface area contributed by atoms with E-state index in [1.54, 1.807) is 19.2 Å². The van der Waals surface area contributed by atoms with Gasteiger partial charge in [0.05, 0.1) is 6.26 Å². The molecule has 0 radical (unpaired) electrons. The van der Waals surface area contributed by atoms with E-state index in [9.17, 15) is 9.90 Å². The summed E-state index contributed by atoms with van der Waals surface area (Å²) < 4.78 is 5.22. The molecule has 4 rings (SSSR count). The second-order valence-corrected chi connectivity index (χ2v) is 7.57. The molecule has 0 spiro atoms. The summed E-state index contributed by atoms with van der Waals surface area (Å²) in [6.07, 6.45) is 6.01. The summed E-state index contributed by atoms with van der Waals surface area (Å²) in [7, 11) is 1.77. The number of amides is 1. The van der Waals surface area contributed by atoms with Gasteiger partial charge in [-0.05, 0) is 55.0 Å². The summed E-state index contributed by atoms with van der Waals surface area (Å²) >= 11 is 0. The van der Waals surface area contributed by atoms with E-state index < -0.39 is 0 Å². The maximum Gasteiger partial charge on any atom is 0.289 e. The zero-order chi connectivity index (χ0) is 20.2. The van der Waals surface area contributed by atoms with Gasteiger partial charge in [-0.15, -0.1) is 24.0 Å². The molecular formula is C22H29IN4O3. The Bertz CT molecular complexity index is 890. The van der Waals surface area contributed by atoms with Crippen LogP contribution in [-0.2, 0) is 19.4 Å². The number of carbonyl (C=O) groups is 1. The fraction of sp³-hybridized carbons (Fsp3) is 0.455. The number of phenols is 1. The van der Waals surface area contributed by atoms with Gasteiger partial charge in [0.25, 0.3) is 5.91 Å². The fourth-order valence-corrected chi connectivity index (χ4v) is 4.27. The summed E-state index contributed by atoms with van der Waals surface area (Å²) in [5.41, 5.74) is 3.62. The molecule has 1 aromatic carbocycles. The molecule has 0 unspecified atom stereocenters. The van der Waals surface area contributed by atoms with Crippen molar-refractivity contribution in [2.24, 2.45) is 4.99 Å². The number of rotatable bonds is 3. The molecule has 1 fully saturated rings. The Kier molecular flexibility index (Phi) is 7.63. The number of furan rings is 1. The normalized spacial score (nSPS) is 16.6. The van der Waals surface area contributed by atoms with E-state index in [4.69, 9.17) is 4.42 Å². The SMILES string of the molecule is CN=C(NCc1c(O)ccc2c1CCCC2)N1CCN(C(=O)c2ccco2)CC1.I. The first-order valence-corrected chi connectivity index (χ1v) is 10.3. The smallest absolute Gasteiger partial charge is 0.289 e. The summed E-state index contributed by atoms with van der Waals surface area (Å²) in [5, 5.41) is 13.8. The minimum Gasteiger partial charge on any atom is -0.508 e. The first kappa shape index (κ1) is 22.5. The number of nitrogens with one attached hydrogen (secondary N) is 1. The number of hydrogen-bond acceptors (Lipinski definition) is 4. The van der Waals surface area contributed by atoms with E-state index in [-0.39, 0.29) is 29.9 Å². The Hall–Kier alpha value is -2.23. The summed E-state index contributed by atoms with van der Waals surface area (Å²) in [6, 6.07) is 7.29. The van der Waals surface area contributed by atoms with Crippen LogP contribution in [0.2, 0.25) is 0 Å². The quantitative estimate of drug-likeness (QED) is 0.367. The van der Waals surface area contributed by atoms with Gasteiger partial charge in [-0.2, -0.15) is 0 Å². The highest BCUT2D eigenvalue weighted by Gasteiger charge is 2.25. The molecule has 1 aromatic heterocycles. The zero-order valence-corrected chi connectivity index (χ0v) is 19.6. The maximum absolute atomic E-state index is 12.4. The minimum absolute atomic E-state index is 0. The summed E-state index contributed by atoms with van der Waals surface area (Å²) in [4.78, 5) is 20.8. The second-order valence-electron chi connectivity index (χ2n) is 7.57. The van der Waals surface area contributed by atoms with Gasteiger partial charge in [-0.25, -0.2) is 0 Å². The van der Waals surface area contributed by atoms with Crippen molar-refractivity contribution in [3.05, 3.63) is 53.0 Å². The van der Waals surface area contributed by atoms with Gasteiger partial charge in [-0.1, -0.05) is 6.07 Å². The van der Waals surface area contributed by atoms with Gasteiger partial charge in [0.1, 0.15) is 5.75 Å². The van der Waals surface area contributed by atoms with Crippen molar-refractivity contribution in [1.82, 2.24) is 15.1 Å². The number of phenolic OH excluding ortho intramolecular Hbond substituents is 1. The number of guanidine groups is 1. The van der Waals surface area contributed by atoms with Crippen LogP contribution in [0.4, 0.5) is 0 Å². The molecule has 2 N–H and O–H groups in total. The standard InChI is InChI=1S/C22H28N4O3.HI/c1-23-22(24-15-18-17-6-3-2-5-16(17)8-9-19(18)27)26-12-10-25(11-13-26)21(28)20-7-4-14-29-20;/h4,7-9,14,27H,2-3,5-6,10-13,15H2,1H3,(H,23,24);1H. The van der Waals surface area contributed by atoms with Crippen molar-refractivity contribution in [1.29, 1.82) is 0 Å². The Morgan fingerprint density at radius 1 is 1.13 bits per heavy atom. The van der Waals surface area contributed by atoms with Crippen molar-refractivity contribution in [2.45, 2.75) is 32.2 Å². The maximum atomic E-state index is 12.4. The molecule has 30 heavy (non-hydrogen) atoms. The lowest BCUT2D eigenvalue weighted by atomic mass is 9.88. The number of aliphatic imine (C=N–C) groups is 1. The van der Waals surface area contributed by atoms with E-state index in [0.29, 0.717) is 44.2 Å². The van der Waals surface area contributed by atoms with E-state index in [0.717, 1.165) is 24.4 Å². The van der Waals surface area contributed by atoms with Crippen LogP contribution in [0.25, 0.3) is 0 Å². The zero-order valence-electron chi connectivity index (χ0n) is 17.3. The molecule has 0 bridgehead atoms. The highest BCUT2D eigenvalue weighted by atomic mass is 127. The van der Waals surface area contributed by atoms with Gasteiger partial charge >= 0.3 is 0 Å². The highest BCUT2D eigenvalue weighted by Crippen LogP contribution is 2.30. The average molecular weight is 524 g/mol. The van der Waals surface area contributed by atoms with Crippen LogP contribution in [0, 0.1) is 0 Å². The molecule has 7 nitrogen and oxygen atoms in total. The predicted octanol–water partition coefficient (Wildman–Crippen LogP) is 3.02. The first-order valence-electron chi connectivity index (χ1n) is 10.3. The third-order valence-electron chi connectivity index (χ3n) is 5.86. The van der Waals surface area contributed by atoms with Crippen molar-refractivity contribution in [3.63, 3.8) is 0 Å². The van der Waals surface area contributed by atoms with Gasteiger partial charge in [0.15, 0.2) is 11.7 Å². The number of halogens is 1. The predicted molar refractivity (Wildman–Crippen MR) is 127 cm³/mol. The van der Waals surface area contributed by atoms with Gasteiger partial charge in [0, 0.05) is 45.3 Å². The lowest BCUT2D eigenvalue weighted by Crippen LogP contribution is -2.53. The molecule has 162 valence electrons. The molecule has 0 atom stereocenters. The molecule has 1 saturated heterocycles. The van der Waals surface area contributed by atoms with Gasteiger partial charge in [0.2, 0.25) is 0 Å². The Balaban J connectivity index is 0.00000256. The van der Waals surface area contributed by atoms with Crippen LogP contribution in [0.15, 0.2) is 39.9 Å². The van der Waals surface area contributed by atoms with Crippen LogP contribution in [0.1, 0.15) is 40.1 Å². The molecule has 8 heteroatoms. The van der Waals surface area contributed by atoms with Crippen LogP contribution < -0.4 is 5.32 Å². The first-order chi connectivity index (χ1) is 14.2. The van der Waals surface area contributed by atoms with Crippen LogP contribution in [-0.4, -0.2) is 60.0 Å². The number of benzene rings is 1. The molecule has 1 amide bonds. The third-order valence-corrected chi connectivity index (χ3v) is 5.86. The molecule has 1 aliphatic heterocycles. The number of aromatic hydroxyl groups is 1. The minimum atomic E-state index is -0.0709. The number of hydrogen-bond donors (Lipinski definition) is 2. The van der Waals surface area contributed by atoms with E-state index in [1.807, 2.05) is 11.0 Å². The van der Waals surface area contributed by atoms with Crippen LogP contribution >= 0.6 is 24.0 Å². The number of aryl methyl sites for hydroxylation is 1. The monoisotopic (exact) mass is 524 g/mol. The van der Waals surface area contributed by atoms with Crippen molar-refractivity contribution in [3.8, 4) is 5.75 Å². The topological polar surface area (TPSA) is 81.3 Å². The van der Waals surface area contributed by atoms with Crippen molar-refractivity contribution < 1.29 is 14.3 Å². The van der Waals surface area contributed by atoms with Gasteiger partial charge < -0.3 is 24.6 Å². The average Bonchev–Trinajstić information content (AvgIpc) is 3.30. The lowest BCUT2D eigenvalue weighted by Gasteiger charge is -2.36. The third kappa shape index (κ3) is 4.74. The summed E-state index contributed by atoms with van der Waals surface area (Å²) in [5.74, 6) is 1.45. The molecule has 0 saturated carbocycles. The fourth-order valence-electron chi connectivity index (χ4n) is 4.27. The molecule has 2 aromatic rings. The van der Waals surface area contributed by atoms with E-state index in [2.05, 4.69) is 21.3 Å². The molecule has 2 aliphatic rings. The Labute approximate surface area is 194 Å². The van der Waals surface area contributed by atoms with Crippen molar-refractivity contribution >= 4 is 35.8 Å². The van der Waals surface area contributed by atoms with Crippen LogP contribution in [0.5, 0.6) is 5.75 Å². The van der Waals surface area contributed by atoms with Crippen LogP contribution in [0.3, 0.4) is 0 Å². The number of carbonyl (C=O) groups excluding carboxylic acids is 1. The number of piperazine rings is 1. The van der Waals surface area contributed by atoms with E-state index in [1.165, 1.54) is 30.2 Å². The second kappa shape index (κ2) is 10.2. The van der Waals surface area contributed by atoms with E-state index >= 15 is 0 Å². The molecule has 1 aliphatic carbocycles. The summed E-state index contributed by atoms with van der Waals surface area (Å²) in [6.45, 7) is 3.18. The van der Waals surface area contributed by atoms with Gasteiger partial charge in [-0.3, -0.25) is 9.79 Å².